The van der Waals surface area contributed by atoms with Crippen LogP contribution in [0.15, 0.2) is 84.0 Å². The van der Waals surface area contributed by atoms with Crippen molar-refractivity contribution in [3.63, 3.8) is 0 Å². The highest BCUT2D eigenvalue weighted by Crippen LogP contribution is 2.77. The Balaban J connectivity index is 1.23. The van der Waals surface area contributed by atoms with E-state index in [0.29, 0.717) is 29.1 Å². The molecule has 54 heavy (non-hydrogen) atoms. The molecule has 284 valence electrons. The Hall–Kier alpha value is -5.00. The molecule has 0 radical (unpaired) electrons. The first-order valence-electron chi connectivity index (χ1n) is 18.4. The zero-order valence-corrected chi connectivity index (χ0v) is 31.1. The van der Waals surface area contributed by atoms with E-state index in [2.05, 4.69) is 0 Å². The minimum absolute atomic E-state index is 0.123. The maximum absolute atomic E-state index is 13.8. The van der Waals surface area contributed by atoms with Crippen LogP contribution in [0.3, 0.4) is 0 Å². The molecule has 11 nitrogen and oxygen atoms in total. The molecule has 1 aliphatic heterocycles. The van der Waals surface area contributed by atoms with Crippen LogP contribution >= 0.6 is 0 Å². The second kappa shape index (κ2) is 13.7. The Morgan fingerprint density at radius 3 is 2.39 bits per heavy atom. The van der Waals surface area contributed by atoms with Crippen molar-refractivity contribution in [2.45, 2.75) is 76.8 Å². The molecule has 2 aromatic rings. The van der Waals surface area contributed by atoms with Gasteiger partial charge in [-0.25, -0.2) is 9.59 Å². The average Bonchev–Trinajstić information content (AvgIpc) is 3.38. The van der Waals surface area contributed by atoms with Crippen molar-refractivity contribution in [2.75, 3.05) is 13.4 Å². The summed E-state index contributed by atoms with van der Waals surface area (Å²) in [5, 5.41) is 25.5. The molecule has 8 atom stereocenters. The van der Waals surface area contributed by atoms with E-state index < -0.39 is 75.7 Å². The number of fused-ring (bicyclic) bond motifs is 6. The highest BCUT2D eigenvalue weighted by atomic mass is 16.7. The highest BCUT2D eigenvalue weighted by molar-refractivity contribution is 6.05. The molecule has 0 bridgehead atoms. The molecule has 7 rings (SSSR count). The number of aliphatic hydroxyl groups is 2. The molecule has 2 saturated carbocycles. The monoisotopic (exact) mass is 738 g/mol. The molecule has 2 N–H and O–H groups in total. The van der Waals surface area contributed by atoms with Crippen LogP contribution in [-0.2, 0) is 33.4 Å². The van der Waals surface area contributed by atoms with Crippen LogP contribution in [0.25, 0.3) is 12.2 Å². The van der Waals surface area contributed by atoms with E-state index >= 15 is 0 Å². The van der Waals surface area contributed by atoms with E-state index in [-0.39, 0.29) is 31.8 Å². The third-order valence-electron chi connectivity index (χ3n) is 12.2. The summed E-state index contributed by atoms with van der Waals surface area (Å²) >= 11 is 0. The molecule has 0 aromatic heterocycles. The first kappa shape index (κ1) is 37.3. The Labute approximate surface area is 314 Å². The normalized spacial score (nSPS) is 32.9. The Morgan fingerprint density at radius 1 is 0.944 bits per heavy atom. The first-order valence-corrected chi connectivity index (χ1v) is 18.4. The van der Waals surface area contributed by atoms with Gasteiger partial charge < -0.3 is 33.9 Å². The fraction of sp³-hybridized carbons (Fsp3) is 0.442. The van der Waals surface area contributed by atoms with E-state index in [1.54, 1.807) is 56.4 Å². The average molecular weight is 739 g/mol. The van der Waals surface area contributed by atoms with E-state index in [1.165, 1.54) is 12.2 Å². The number of benzene rings is 2. The Morgan fingerprint density at radius 2 is 1.65 bits per heavy atom. The van der Waals surface area contributed by atoms with Crippen LogP contribution in [0, 0.1) is 29.1 Å². The van der Waals surface area contributed by atoms with Crippen LogP contribution in [0.2, 0.25) is 0 Å². The molecule has 0 amide bonds. The number of esters is 3. The topological polar surface area (TPSA) is 155 Å². The number of hydrogen-bond donors (Lipinski definition) is 2. The van der Waals surface area contributed by atoms with E-state index in [0.717, 1.165) is 5.56 Å². The number of Topliss-reactive ketones (excluding diaryl/α,β-unsaturated/α-hetero) is 1. The van der Waals surface area contributed by atoms with Gasteiger partial charge in [-0.15, -0.1) is 0 Å². The number of rotatable bonds is 10. The first-order chi connectivity index (χ1) is 25.7. The summed E-state index contributed by atoms with van der Waals surface area (Å²) in [5.74, 6) is -4.66. The lowest BCUT2D eigenvalue weighted by Gasteiger charge is -2.53. The largest absolute Gasteiger partial charge is 0.458 e. The molecule has 0 unspecified atom stereocenters. The van der Waals surface area contributed by atoms with Crippen molar-refractivity contribution in [3.05, 3.63) is 95.1 Å². The molecule has 0 spiro atoms. The number of ketones is 1. The molecule has 1 heterocycles. The van der Waals surface area contributed by atoms with Crippen LogP contribution in [0.5, 0.6) is 11.5 Å². The SMILES string of the molecule is CCCC(=O)O[C@@]12[C@H](OC(=O)/C=C/c3ccccc3)[C@@H](C)[C@@]3(O)[C@@H](C=C(COC(=O)/C=C/c4ccc5c(c4)OCO5)C[C@]4(O)C(=O)C(C)=C[C@@H]34)[C@@H]1C2(C)C. The Bertz CT molecular complexity index is 1990. The Kier molecular flexibility index (Phi) is 9.46. The summed E-state index contributed by atoms with van der Waals surface area (Å²) < 4.78 is 29.0. The van der Waals surface area contributed by atoms with Crippen molar-refractivity contribution in [3.8, 4) is 11.5 Å². The van der Waals surface area contributed by atoms with Crippen molar-refractivity contribution in [2.24, 2.45) is 29.1 Å². The fourth-order valence-electron chi connectivity index (χ4n) is 9.54. The second-order valence-corrected chi connectivity index (χ2v) is 15.7. The van der Waals surface area contributed by atoms with Gasteiger partial charge in [-0.2, -0.15) is 0 Å². The fourth-order valence-corrected chi connectivity index (χ4v) is 9.54. The standard InChI is InChI=1S/C43H46O11/c1-6-10-36(46)54-43-37(40(43,4)5)30-20-29(23-50-34(44)17-15-28-13-16-31-32(21-28)52-24-51-31)22-41(48)33(19-25(2)38(41)47)42(30,49)26(3)39(43)53-35(45)18-14-27-11-8-7-9-12-27/h7-9,11-21,26,30,33,37,39,48-49H,6,10,22-24H2,1-5H3/b17-15+,18-14+/t26-,30+,33-,37-,39-,41-,42-,43-/m1/s1. The maximum Gasteiger partial charge on any atom is 0.331 e. The molecule has 4 aliphatic carbocycles. The summed E-state index contributed by atoms with van der Waals surface area (Å²) in [5.41, 5.74) is -3.94. The van der Waals surface area contributed by atoms with Gasteiger partial charge in [-0.1, -0.05) is 76.2 Å². The van der Waals surface area contributed by atoms with Crippen molar-refractivity contribution < 1.29 is 53.1 Å². The predicted molar refractivity (Wildman–Crippen MR) is 196 cm³/mol. The zero-order chi connectivity index (χ0) is 38.6. The van der Waals surface area contributed by atoms with Crippen molar-refractivity contribution >= 4 is 35.8 Å². The quantitative estimate of drug-likeness (QED) is 0.137. The van der Waals surface area contributed by atoms with Gasteiger partial charge in [0, 0.05) is 54.1 Å². The predicted octanol–water partition coefficient (Wildman–Crippen LogP) is 5.54. The van der Waals surface area contributed by atoms with Crippen LogP contribution < -0.4 is 9.47 Å². The van der Waals surface area contributed by atoms with Gasteiger partial charge in [0.25, 0.3) is 0 Å². The van der Waals surface area contributed by atoms with Gasteiger partial charge in [0.15, 0.2) is 22.9 Å². The summed E-state index contributed by atoms with van der Waals surface area (Å²) in [7, 11) is 0. The summed E-state index contributed by atoms with van der Waals surface area (Å²) in [6.45, 7) is 8.82. The molecule has 0 saturated heterocycles. The van der Waals surface area contributed by atoms with E-state index in [1.807, 2.05) is 51.1 Å². The highest BCUT2D eigenvalue weighted by Gasteiger charge is 2.88. The molecule has 2 fully saturated rings. The minimum atomic E-state index is -2.08. The van der Waals surface area contributed by atoms with Gasteiger partial charge >= 0.3 is 17.9 Å². The molecule has 5 aliphatic rings. The smallest absolute Gasteiger partial charge is 0.331 e. The molecular weight excluding hydrogens is 692 g/mol. The number of hydrogen-bond acceptors (Lipinski definition) is 11. The summed E-state index contributed by atoms with van der Waals surface area (Å²) in [6.07, 6.45) is 8.44. The zero-order valence-electron chi connectivity index (χ0n) is 31.1. The maximum atomic E-state index is 13.8. The lowest BCUT2D eigenvalue weighted by molar-refractivity contribution is -0.227. The number of ether oxygens (including phenoxy) is 5. The lowest BCUT2D eigenvalue weighted by Crippen LogP contribution is -2.66. The van der Waals surface area contributed by atoms with Gasteiger partial charge in [0.2, 0.25) is 6.79 Å². The van der Waals surface area contributed by atoms with Gasteiger partial charge in [-0.3, -0.25) is 9.59 Å². The van der Waals surface area contributed by atoms with Crippen molar-refractivity contribution in [1.82, 2.24) is 0 Å². The van der Waals surface area contributed by atoms with Crippen LogP contribution in [-0.4, -0.2) is 70.2 Å². The second-order valence-electron chi connectivity index (χ2n) is 15.7. The molecule has 2 aromatic carbocycles. The third-order valence-corrected chi connectivity index (χ3v) is 12.2. The number of carbonyl (C=O) groups is 4. The van der Waals surface area contributed by atoms with Gasteiger partial charge in [-0.05, 0) is 59.9 Å². The number of carbonyl (C=O) groups excluding carboxylic acids is 4. The van der Waals surface area contributed by atoms with E-state index in [9.17, 15) is 29.4 Å². The van der Waals surface area contributed by atoms with Gasteiger partial charge in [0.05, 0.1) is 5.60 Å². The third kappa shape index (κ3) is 5.98. The van der Waals surface area contributed by atoms with Crippen LogP contribution in [0.4, 0.5) is 0 Å². The lowest BCUT2D eigenvalue weighted by atomic mass is 9.59. The summed E-state index contributed by atoms with van der Waals surface area (Å²) in [6, 6.07) is 14.5. The molecule has 11 heteroatoms. The van der Waals surface area contributed by atoms with Crippen molar-refractivity contribution in [1.29, 1.82) is 0 Å². The van der Waals surface area contributed by atoms with Gasteiger partial charge in [0.1, 0.15) is 18.3 Å². The molecular formula is C43H46O11. The van der Waals surface area contributed by atoms with Crippen LogP contribution in [0.1, 0.15) is 65.0 Å². The van der Waals surface area contributed by atoms with E-state index in [4.69, 9.17) is 23.7 Å². The minimum Gasteiger partial charge on any atom is -0.458 e. The summed E-state index contributed by atoms with van der Waals surface area (Å²) in [4.78, 5) is 53.7.